The van der Waals surface area contributed by atoms with E-state index in [1.165, 1.54) is 13.1 Å². The highest BCUT2D eigenvalue weighted by molar-refractivity contribution is 7.15. The third-order valence-electron chi connectivity index (χ3n) is 2.10. The number of carbonyl (C=O) groups is 2. The van der Waals surface area contributed by atoms with Gasteiger partial charge in [0.15, 0.2) is 10.8 Å². The van der Waals surface area contributed by atoms with Gasteiger partial charge in [0.25, 0.3) is 5.91 Å². The van der Waals surface area contributed by atoms with E-state index < -0.39 is 0 Å². The predicted molar refractivity (Wildman–Crippen MR) is 67.7 cm³/mol. The van der Waals surface area contributed by atoms with E-state index in [1.807, 2.05) is 0 Å². The van der Waals surface area contributed by atoms with Gasteiger partial charge in [-0.3, -0.25) is 9.59 Å². The van der Waals surface area contributed by atoms with E-state index in [2.05, 4.69) is 15.6 Å². The van der Waals surface area contributed by atoms with Crippen LogP contribution in [0.4, 0.5) is 0 Å². The lowest BCUT2D eigenvalue weighted by Crippen LogP contribution is -2.43. The fraction of sp³-hybridized carbons (Fsp3) is 0.500. The highest BCUT2D eigenvalue weighted by atomic mass is 35.5. The molecule has 0 aliphatic heterocycles. The van der Waals surface area contributed by atoms with Crippen molar-refractivity contribution in [1.82, 2.24) is 15.6 Å². The van der Waals surface area contributed by atoms with E-state index in [0.29, 0.717) is 9.88 Å². The Bertz CT molecular complexity index is 421. The summed E-state index contributed by atoms with van der Waals surface area (Å²) < 4.78 is 0. The quantitative estimate of drug-likeness (QED) is 0.482. The summed E-state index contributed by atoms with van der Waals surface area (Å²) in [7, 11) is 1.71. The van der Waals surface area contributed by atoms with Crippen molar-refractivity contribution in [3.05, 3.63) is 16.1 Å². The molecule has 94 valence electrons. The van der Waals surface area contributed by atoms with Crippen molar-refractivity contribution in [3.8, 4) is 0 Å². The van der Waals surface area contributed by atoms with Crippen LogP contribution >= 0.6 is 22.9 Å². The van der Waals surface area contributed by atoms with Gasteiger partial charge in [0.1, 0.15) is 10.4 Å². The van der Waals surface area contributed by atoms with Gasteiger partial charge in [-0.05, 0) is 14.0 Å². The lowest BCUT2D eigenvalue weighted by Gasteiger charge is -2.18. The molecule has 2 N–H and O–H groups in total. The molecule has 1 aromatic rings. The zero-order valence-corrected chi connectivity index (χ0v) is 11.4. The van der Waals surface area contributed by atoms with Gasteiger partial charge in [-0.15, -0.1) is 22.9 Å². The van der Waals surface area contributed by atoms with E-state index >= 15 is 0 Å². The Balaban J connectivity index is 2.66. The fourth-order valence-corrected chi connectivity index (χ4v) is 1.92. The predicted octanol–water partition coefficient (Wildman–Crippen LogP) is 1.25. The number of alkyl halides is 1. The van der Waals surface area contributed by atoms with Gasteiger partial charge in [0.2, 0.25) is 0 Å². The normalized spacial score (nSPS) is 14.1. The molecule has 1 unspecified atom stereocenters. The van der Waals surface area contributed by atoms with Crippen molar-refractivity contribution in [2.24, 2.45) is 0 Å². The summed E-state index contributed by atoms with van der Waals surface area (Å²) in [5.74, 6) is -0.420. The summed E-state index contributed by atoms with van der Waals surface area (Å²) in [5.41, 5.74) is -0.348. The number of rotatable bonds is 5. The monoisotopic (exact) mass is 275 g/mol. The zero-order chi connectivity index (χ0) is 13.0. The Morgan fingerprint density at radius 1 is 1.53 bits per heavy atom. The third-order valence-corrected chi connectivity index (χ3v) is 3.80. The molecule has 0 saturated carbocycles. The number of likely N-dealkylation sites (N-methyl/N-ethyl adjacent to an activating group) is 1. The van der Waals surface area contributed by atoms with Crippen molar-refractivity contribution in [2.45, 2.75) is 25.4 Å². The van der Waals surface area contributed by atoms with Crippen LogP contribution in [0.1, 0.15) is 33.3 Å². The molecule has 0 aliphatic carbocycles. The van der Waals surface area contributed by atoms with E-state index in [0.717, 1.165) is 11.3 Å². The lowest BCUT2D eigenvalue weighted by atomic mass is 10.3. The second-order valence-corrected chi connectivity index (χ2v) is 5.04. The molecule has 1 heterocycles. The number of nitrogens with zero attached hydrogens (tertiary/aromatic N) is 1. The summed E-state index contributed by atoms with van der Waals surface area (Å²) in [6.45, 7) is 3.21. The minimum Gasteiger partial charge on any atom is -0.346 e. The van der Waals surface area contributed by atoms with Crippen molar-refractivity contribution >= 4 is 34.6 Å². The second-order valence-electron chi connectivity index (χ2n) is 3.54. The molecule has 1 aromatic heterocycles. The SMILES string of the molecule is CN[C@H](Cl)C(C)NC(=O)c1cnc(C(C)=O)s1. The first-order chi connectivity index (χ1) is 7.95. The number of nitrogens with one attached hydrogen (secondary N) is 2. The number of halogens is 1. The minimum atomic E-state index is -0.348. The van der Waals surface area contributed by atoms with E-state index in [4.69, 9.17) is 11.6 Å². The molecule has 0 aromatic carbocycles. The van der Waals surface area contributed by atoms with Crippen LogP contribution in [0.25, 0.3) is 0 Å². The number of thiazole rings is 1. The van der Waals surface area contributed by atoms with Crippen LogP contribution in [0.3, 0.4) is 0 Å². The van der Waals surface area contributed by atoms with Crippen LogP contribution in [0, 0.1) is 0 Å². The molecule has 0 spiro atoms. The minimum absolute atomic E-state index is 0.146. The first kappa shape index (κ1) is 14.1. The fourth-order valence-electron chi connectivity index (χ4n) is 1.14. The zero-order valence-electron chi connectivity index (χ0n) is 9.78. The van der Waals surface area contributed by atoms with Gasteiger partial charge in [0, 0.05) is 6.92 Å². The number of amides is 1. The largest absolute Gasteiger partial charge is 0.346 e. The van der Waals surface area contributed by atoms with E-state index in [9.17, 15) is 9.59 Å². The molecule has 0 fully saturated rings. The number of aromatic nitrogens is 1. The molecule has 17 heavy (non-hydrogen) atoms. The average molecular weight is 276 g/mol. The maximum atomic E-state index is 11.8. The average Bonchev–Trinajstić information content (AvgIpc) is 2.77. The smallest absolute Gasteiger partial charge is 0.263 e. The molecule has 0 bridgehead atoms. The Kier molecular flexibility index (Phi) is 5.04. The first-order valence-corrected chi connectivity index (χ1v) is 6.30. The lowest BCUT2D eigenvalue weighted by molar-refractivity contribution is 0.0941. The first-order valence-electron chi connectivity index (χ1n) is 5.04. The van der Waals surface area contributed by atoms with Crippen LogP contribution in [-0.4, -0.2) is 35.3 Å². The number of hydrogen-bond donors (Lipinski definition) is 2. The number of hydrogen-bond acceptors (Lipinski definition) is 5. The van der Waals surface area contributed by atoms with Crippen LogP contribution < -0.4 is 10.6 Å². The maximum absolute atomic E-state index is 11.8. The molecule has 0 saturated heterocycles. The molecule has 0 radical (unpaired) electrons. The molecule has 5 nitrogen and oxygen atoms in total. The van der Waals surface area contributed by atoms with Gasteiger partial charge in [0.05, 0.1) is 12.2 Å². The van der Waals surface area contributed by atoms with Crippen molar-refractivity contribution in [2.75, 3.05) is 7.05 Å². The van der Waals surface area contributed by atoms with Crippen LogP contribution in [0.2, 0.25) is 0 Å². The van der Waals surface area contributed by atoms with Crippen LogP contribution in [0.5, 0.6) is 0 Å². The highest BCUT2D eigenvalue weighted by Crippen LogP contribution is 2.13. The number of ketones is 1. The molecule has 1 amide bonds. The third kappa shape index (κ3) is 3.76. The van der Waals surface area contributed by atoms with Crippen molar-refractivity contribution in [1.29, 1.82) is 0 Å². The van der Waals surface area contributed by atoms with Crippen LogP contribution in [0.15, 0.2) is 6.20 Å². The summed E-state index contributed by atoms with van der Waals surface area (Å²) in [6, 6.07) is -0.225. The number of Topliss-reactive ketones (excluding diaryl/α,β-unsaturated/α-hetero) is 1. The van der Waals surface area contributed by atoms with Gasteiger partial charge in [-0.1, -0.05) is 0 Å². The molecular formula is C10H14ClN3O2S. The van der Waals surface area contributed by atoms with Gasteiger partial charge in [-0.2, -0.15) is 0 Å². The van der Waals surface area contributed by atoms with Gasteiger partial charge in [-0.25, -0.2) is 4.98 Å². The van der Waals surface area contributed by atoms with Gasteiger partial charge >= 0.3 is 0 Å². The standard InChI is InChI=1S/C10H14ClN3O2S/c1-5(8(11)12-3)14-9(16)7-4-13-10(17-7)6(2)15/h4-5,8,12H,1-3H3,(H,14,16)/t5?,8-/m0/s1. The summed E-state index contributed by atoms with van der Waals surface area (Å²) in [5, 5.41) is 5.89. The van der Waals surface area contributed by atoms with Crippen LogP contribution in [-0.2, 0) is 0 Å². The number of carbonyl (C=O) groups excluding carboxylic acids is 2. The molecule has 1 rings (SSSR count). The van der Waals surface area contributed by atoms with Gasteiger partial charge < -0.3 is 10.6 Å². The molecule has 7 heteroatoms. The molecule has 0 aliphatic rings. The molecule has 2 atom stereocenters. The molecular weight excluding hydrogens is 262 g/mol. The summed E-state index contributed by atoms with van der Waals surface area (Å²) >= 11 is 6.98. The highest BCUT2D eigenvalue weighted by Gasteiger charge is 2.18. The maximum Gasteiger partial charge on any atom is 0.263 e. The Morgan fingerprint density at radius 3 is 2.65 bits per heavy atom. The van der Waals surface area contributed by atoms with E-state index in [1.54, 1.807) is 14.0 Å². The summed E-state index contributed by atoms with van der Waals surface area (Å²) in [6.07, 6.45) is 1.39. The van der Waals surface area contributed by atoms with E-state index in [-0.39, 0.29) is 23.2 Å². The summed E-state index contributed by atoms with van der Waals surface area (Å²) in [4.78, 5) is 27.1. The topological polar surface area (TPSA) is 71.1 Å². The Hall–Kier alpha value is -0.980. The van der Waals surface area contributed by atoms with Crippen molar-refractivity contribution < 1.29 is 9.59 Å². The Morgan fingerprint density at radius 2 is 2.18 bits per heavy atom. The Labute approximate surface area is 109 Å². The second kappa shape index (κ2) is 6.09. The van der Waals surface area contributed by atoms with Crippen molar-refractivity contribution in [3.63, 3.8) is 0 Å².